The highest BCUT2D eigenvalue weighted by Crippen LogP contribution is 2.37. The van der Waals surface area contributed by atoms with Crippen molar-refractivity contribution in [2.75, 3.05) is 13.7 Å². The molecule has 2 nitrogen and oxygen atoms in total. The average Bonchev–Trinajstić information content (AvgIpc) is 2.15. The lowest BCUT2D eigenvalue weighted by molar-refractivity contribution is 0.249. The summed E-state index contributed by atoms with van der Waals surface area (Å²) in [6, 6.07) is 4.22. The van der Waals surface area contributed by atoms with Crippen molar-refractivity contribution in [1.29, 1.82) is 0 Å². The van der Waals surface area contributed by atoms with Crippen LogP contribution in [0.15, 0.2) is 12.1 Å². The van der Waals surface area contributed by atoms with Crippen LogP contribution in [0, 0.1) is 13.8 Å². The van der Waals surface area contributed by atoms with Gasteiger partial charge < -0.3 is 9.84 Å². The zero-order chi connectivity index (χ0) is 12.3. The first-order chi connectivity index (χ1) is 7.42. The van der Waals surface area contributed by atoms with Crippen LogP contribution in [0.4, 0.5) is 0 Å². The maximum atomic E-state index is 9.13. The summed E-state index contributed by atoms with van der Waals surface area (Å²) in [5.74, 6) is 0.927. The highest BCUT2D eigenvalue weighted by molar-refractivity contribution is 5.47. The number of aliphatic hydroxyl groups is 1. The Morgan fingerprint density at radius 2 is 1.88 bits per heavy atom. The highest BCUT2D eigenvalue weighted by atomic mass is 16.5. The molecular formula is C14H22O2. The van der Waals surface area contributed by atoms with E-state index in [2.05, 4.69) is 39.8 Å². The summed E-state index contributed by atoms with van der Waals surface area (Å²) in [5.41, 5.74) is 3.58. The van der Waals surface area contributed by atoms with E-state index in [1.54, 1.807) is 7.11 Å². The van der Waals surface area contributed by atoms with Crippen molar-refractivity contribution in [1.82, 2.24) is 0 Å². The van der Waals surface area contributed by atoms with Gasteiger partial charge in [0.05, 0.1) is 7.11 Å². The molecule has 0 amide bonds. The van der Waals surface area contributed by atoms with E-state index >= 15 is 0 Å². The number of ether oxygens (including phenoxy) is 1. The predicted molar refractivity (Wildman–Crippen MR) is 67.2 cm³/mol. The van der Waals surface area contributed by atoms with Gasteiger partial charge in [-0.2, -0.15) is 0 Å². The van der Waals surface area contributed by atoms with Crippen LogP contribution in [-0.2, 0) is 5.41 Å². The molecule has 1 aromatic rings. The maximum Gasteiger partial charge on any atom is 0.123 e. The van der Waals surface area contributed by atoms with Crippen molar-refractivity contribution in [3.63, 3.8) is 0 Å². The Hall–Kier alpha value is -1.02. The second kappa shape index (κ2) is 4.88. The molecule has 1 rings (SSSR count). The summed E-state index contributed by atoms with van der Waals surface area (Å²) in [6.45, 7) is 8.65. The lowest BCUT2D eigenvalue weighted by Gasteiger charge is -2.28. The fourth-order valence-electron chi connectivity index (χ4n) is 2.36. The third-order valence-corrected chi connectivity index (χ3v) is 3.08. The van der Waals surface area contributed by atoms with Crippen LogP contribution in [0.5, 0.6) is 5.75 Å². The summed E-state index contributed by atoms with van der Waals surface area (Å²) >= 11 is 0. The number of aryl methyl sites for hydroxylation is 2. The molecule has 0 atom stereocenters. The van der Waals surface area contributed by atoms with Gasteiger partial charge in [0.2, 0.25) is 0 Å². The first-order valence-corrected chi connectivity index (χ1v) is 5.69. The van der Waals surface area contributed by atoms with Crippen molar-refractivity contribution in [2.45, 2.75) is 39.5 Å². The van der Waals surface area contributed by atoms with Crippen LogP contribution in [0.3, 0.4) is 0 Å². The average molecular weight is 222 g/mol. The maximum absolute atomic E-state index is 9.13. The molecule has 0 spiro atoms. The topological polar surface area (TPSA) is 29.5 Å². The number of benzene rings is 1. The predicted octanol–water partition coefficient (Wildman–Crippen LogP) is 2.97. The molecular weight excluding hydrogens is 200 g/mol. The molecule has 1 N–H and O–H groups in total. The first-order valence-electron chi connectivity index (χ1n) is 5.69. The zero-order valence-corrected chi connectivity index (χ0v) is 10.9. The lowest BCUT2D eigenvalue weighted by Crippen LogP contribution is -2.21. The van der Waals surface area contributed by atoms with Crippen LogP contribution in [-0.4, -0.2) is 18.8 Å². The molecule has 0 fully saturated rings. The minimum atomic E-state index is -0.0577. The summed E-state index contributed by atoms with van der Waals surface area (Å²) in [4.78, 5) is 0. The smallest absolute Gasteiger partial charge is 0.123 e. The molecule has 0 saturated heterocycles. The Bertz CT molecular complexity index is 367. The van der Waals surface area contributed by atoms with Gasteiger partial charge in [-0.3, -0.25) is 0 Å². The molecule has 0 aliphatic heterocycles. The van der Waals surface area contributed by atoms with E-state index in [4.69, 9.17) is 9.84 Å². The van der Waals surface area contributed by atoms with Crippen molar-refractivity contribution >= 4 is 0 Å². The monoisotopic (exact) mass is 222 g/mol. The van der Waals surface area contributed by atoms with Gasteiger partial charge in [0.15, 0.2) is 0 Å². The van der Waals surface area contributed by atoms with Gasteiger partial charge >= 0.3 is 0 Å². The van der Waals surface area contributed by atoms with Crippen molar-refractivity contribution < 1.29 is 9.84 Å². The van der Waals surface area contributed by atoms with Crippen LogP contribution in [0.1, 0.15) is 37.0 Å². The fraction of sp³-hybridized carbons (Fsp3) is 0.571. The third kappa shape index (κ3) is 2.56. The Labute approximate surface area is 98.3 Å². The fourth-order valence-corrected chi connectivity index (χ4v) is 2.36. The Kier molecular flexibility index (Phi) is 3.98. The van der Waals surface area contributed by atoms with E-state index < -0.39 is 0 Å². The van der Waals surface area contributed by atoms with Crippen molar-refractivity contribution in [2.24, 2.45) is 0 Å². The third-order valence-electron chi connectivity index (χ3n) is 3.08. The van der Waals surface area contributed by atoms with E-state index in [9.17, 15) is 0 Å². The number of methoxy groups -OCH3 is 1. The molecule has 0 saturated carbocycles. The van der Waals surface area contributed by atoms with Gasteiger partial charge in [-0.1, -0.05) is 19.9 Å². The Balaban J connectivity index is 3.31. The van der Waals surface area contributed by atoms with Crippen LogP contribution >= 0.6 is 0 Å². The molecule has 0 aliphatic rings. The van der Waals surface area contributed by atoms with Gasteiger partial charge in [-0.15, -0.1) is 0 Å². The molecule has 0 heterocycles. The SMILES string of the molecule is COc1cc(C)cc(C)c1C(C)(C)CCO. The van der Waals surface area contributed by atoms with E-state index in [0.29, 0.717) is 0 Å². The zero-order valence-electron chi connectivity index (χ0n) is 10.9. The van der Waals surface area contributed by atoms with E-state index in [1.165, 1.54) is 16.7 Å². The van der Waals surface area contributed by atoms with Crippen LogP contribution in [0.25, 0.3) is 0 Å². The van der Waals surface area contributed by atoms with E-state index in [0.717, 1.165) is 12.2 Å². The molecule has 16 heavy (non-hydrogen) atoms. The highest BCUT2D eigenvalue weighted by Gasteiger charge is 2.25. The van der Waals surface area contributed by atoms with Gasteiger partial charge in [0.25, 0.3) is 0 Å². The first kappa shape index (κ1) is 13.0. The van der Waals surface area contributed by atoms with Crippen LogP contribution < -0.4 is 4.74 Å². The largest absolute Gasteiger partial charge is 0.496 e. The van der Waals surface area contributed by atoms with Gasteiger partial charge in [0, 0.05) is 12.2 Å². The summed E-state index contributed by atoms with van der Waals surface area (Å²) in [7, 11) is 1.70. The molecule has 0 unspecified atom stereocenters. The van der Waals surface area contributed by atoms with E-state index in [1.807, 2.05) is 0 Å². The van der Waals surface area contributed by atoms with E-state index in [-0.39, 0.29) is 12.0 Å². The molecule has 0 aromatic heterocycles. The normalized spacial score (nSPS) is 11.6. The quantitative estimate of drug-likeness (QED) is 0.848. The molecule has 0 radical (unpaired) electrons. The van der Waals surface area contributed by atoms with Gasteiger partial charge in [-0.25, -0.2) is 0 Å². The lowest BCUT2D eigenvalue weighted by atomic mass is 9.78. The van der Waals surface area contributed by atoms with Crippen LogP contribution in [0.2, 0.25) is 0 Å². The van der Waals surface area contributed by atoms with Gasteiger partial charge in [-0.05, 0) is 42.9 Å². The molecule has 0 aliphatic carbocycles. The minimum absolute atomic E-state index is 0.0577. The summed E-state index contributed by atoms with van der Waals surface area (Å²) in [6.07, 6.45) is 0.743. The number of aliphatic hydroxyl groups excluding tert-OH is 1. The molecule has 2 heteroatoms. The Morgan fingerprint density at radius 1 is 1.25 bits per heavy atom. The van der Waals surface area contributed by atoms with Crippen molar-refractivity contribution in [3.05, 3.63) is 28.8 Å². The minimum Gasteiger partial charge on any atom is -0.496 e. The molecule has 90 valence electrons. The number of hydrogen-bond donors (Lipinski definition) is 1. The van der Waals surface area contributed by atoms with Gasteiger partial charge in [0.1, 0.15) is 5.75 Å². The standard InChI is InChI=1S/C14H22O2/c1-10-8-11(2)13(12(9-10)16-5)14(3,4)6-7-15/h8-9,15H,6-7H2,1-5H3. The Morgan fingerprint density at radius 3 is 2.38 bits per heavy atom. The second-order valence-electron chi connectivity index (χ2n) is 5.02. The summed E-state index contributed by atoms with van der Waals surface area (Å²) < 4.78 is 5.46. The van der Waals surface area contributed by atoms with Crippen molar-refractivity contribution in [3.8, 4) is 5.75 Å². The number of rotatable bonds is 4. The molecule has 0 bridgehead atoms. The summed E-state index contributed by atoms with van der Waals surface area (Å²) in [5, 5.41) is 9.13. The second-order valence-corrected chi connectivity index (χ2v) is 5.02. The molecule has 1 aromatic carbocycles. The number of hydrogen-bond acceptors (Lipinski definition) is 2.